The van der Waals surface area contributed by atoms with Crippen molar-refractivity contribution in [1.82, 2.24) is 0 Å². The highest BCUT2D eigenvalue weighted by Crippen LogP contribution is 2.36. The Balaban J connectivity index is 0.000000582. The van der Waals surface area contributed by atoms with E-state index in [2.05, 4.69) is 9.26 Å². The molecule has 0 amide bonds. The van der Waals surface area contributed by atoms with Crippen LogP contribution in [0.1, 0.15) is 19.8 Å². The molecule has 14 nitrogen and oxygen atoms in total. The van der Waals surface area contributed by atoms with Gasteiger partial charge >= 0.3 is 11.9 Å². The van der Waals surface area contributed by atoms with Crippen molar-refractivity contribution in [1.29, 1.82) is 0 Å². The van der Waals surface area contributed by atoms with Crippen molar-refractivity contribution >= 4 is 19.8 Å². The fraction of sp³-hybridized carbons (Fsp3) is 0.875. The zero-order valence-corrected chi connectivity index (χ0v) is 18.6. The van der Waals surface area contributed by atoms with Crippen LogP contribution in [0.5, 0.6) is 0 Å². The number of carboxylic acid groups (broad SMARTS) is 1. The number of likely N-dealkylation sites (N-methyl/N-ethyl adjacent to an activating group) is 1. The Morgan fingerprint density at radius 3 is 2.10 bits per heavy atom. The molecule has 1 saturated heterocycles. The van der Waals surface area contributed by atoms with Crippen LogP contribution >= 0.6 is 7.82 Å². The normalized spacial score (nSPS) is 29.2. The smallest absolute Gasteiger partial charge is 0.307 e. The molecule has 0 radical (unpaired) electrons. The van der Waals surface area contributed by atoms with Crippen molar-refractivity contribution in [3.8, 4) is 0 Å². The second-order valence-electron chi connectivity index (χ2n) is 7.81. The first-order chi connectivity index (χ1) is 14.0. The van der Waals surface area contributed by atoms with Crippen LogP contribution < -0.4 is 4.89 Å². The number of aliphatic hydroxyl groups excluding tert-OH is 4. The summed E-state index contributed by atoms with van der Waals surface area (Å²) in [5.74, 6) is -1.30. The van der Waals surface area contributed by atoms with E-state index in [1.54, 1.807) is 6.92 Å². The van der Waals surface area contributed by atoms with Gasteiger partial charge in [0.25, 0.3) is 7.82 Å². The Kier molecular flexibility index (Phi) is 12.3. The van der Waals surface area contributed by atoms with Gasteiger partial charge < -0.3 is 49.3 Å². The number of phosphoric ester groups is 1. The Hall–Kier alpha value is -1.19. The summed E-state index contributed by atoms with van der Waals surface area (Å²) in [7, 11) is 0.612. The van der Waals surface area contributed by atoms with Crippen LogP contribution in [-0.2, 0) is 28.2 Å². The van der Waals surface area contributed by atoms with E-state index in [4.69, 9.17) is 19.8 Å². The van der Waals surface area contributed by atoms with Crippen molar-refractivity contribution in [2.45, 2.75) is 56.6 Å². The lowest BCUT2D eigenvalue weighted by Gasteiger charge is -2.40. The molecule has 0 spiro atoms. The second kappa shape index (κ2) is 12.7. The summed E-state index contributed by atoms with van der Waals surface area (Å²) in [4.78, 5) is 40.4. The lowest BCUT2D eigenvalue weighted by atomic mass is 10.00. The first kappa shape index (κ1) is 29.8. The van der Waals surface area contributed by atoms with Gasteiger partial charge in [-0.1, -0.05) is 6.92 Å². The van der Waals surface area contributed by atoms with E-state index in [1.165, 1.54) is 0 Å². The number of hydrogen-bond acceptors (Lipinski definition) is 11. The molecule has 0 aliphatic carbocycles. The monoisotopic (exact) mass is 477 g/mol. The van der Waals surface area contributed by atoms with Gasteiger partial charge in [-0.25, -0.2) is 0 Å². The molecule has 31 heavy (non-hydrogen) atoms. The van der Waals surface area contributed by atoms with Crippen LogP contribution in [0.25, 0.3) is 0 Å². The minimum absolute atomic E-state index is 0.138. The summed E-state index contributed by atoms with van der Waals surface area (Å²) in [6, 6.07) is 0. The summed E-state index contributed by atoms with van der Waals surface area (Å²) < 4.78 is 24.6. The standard InChI is InChI=1S/C10H19NO4.C6H13O9P/c1-5-10(14)15-8(6-9(12)13)7-11(2,3)4;7-1-2-3(8)4(9)5(10)6(14-2)15-16(11,12)13/h8H,5-7H2,1-4H3;2-10H,1H2,(H2,11,12,13)/t8-;2-,3-,4+,5-,6?/m11/s1. The molecule has 2 unspecified atom stereocenters. The largest absolute Gasteiger partial charge is 0.756 e. The van der Waals surface area contributed by atoms with Crippen molar-refractivity contribution in [3.05, 3.63) is 0 Å². The number of aliphatic carboxylic acids is 1. The number of carboxylic acids is 1. The minimum atomic E-state index is -5.16. The number of rotatable bonds is 9. The number of aliphatic hydroxyl groups is 4. The van der Waals surface area contributed by atoms with Crippen LogP contribution in [0, 0.1) is 0 Å². The SMILES string of the molecule is CCC(=O)O[C@H](CC(=O)O)C[N+](C)(C)C.O=P([O-])(O)OC1O[C@H](CO)[C@@H](O)[C@H](O)[C@H]1O. The number of carbonyl (C=O) groups is 2. The molecule has 15 heteroatoms. The third kappa shape index (κ3) is 12.4. The molecule has 1 fully saturated rings. The quantitative estimate of drug-likeness (QED) is 0.109. The van der Waals surface area contributed by atoms with Crippen molar-refractivity contribution in [2.24, 2.45) is 0 Å². The molecular weight excluding hydrogens is 445 g/mol. The van der Waals surface area contributed by atoms with Gasteiger partial charge in [0.05, 0.1) is 34.2 Å². The molecule has 6 N–H and O–H groups in total. The summed E-state index contributed by atoms with van der Waals surface area (Å²) in [6.07, 6.45) is -8.85. The zero-order valence-electron chi connectivity index (χ0n) is 17.7. The first-order valence-electron chi connectivity index (χ1n) is 9.25. The fourth-order valence-corrected chi connectivity index (χ4v) is 2.94. The van der Waals surface area contributed by atoms with Gasteiger partial charge in [-0.15, -0.1) is 0 Å². The van der Waals surface area contributed by atoms with Crippen molar-refractivity contribution in [2.75, 3.05) is 34.3 Å². The van der Waals surface area contributed by atoms with Gasteiger partial charge in [-0.3, -0.25) is 18.7 Å². The van der Waals surface area contributed by atoms with Crippen LogP contribution in [0.15, 0.2) is 0 Å². The Morgan fingerprint density at radius 1 is 1.16 bits per heavy atom. The van der Waals surface area contributed by atoms with Crippen molar-refractivity contribution in [3.63, 3.8) is 0 Å². The molecule has 7 atom stereocenters. The van der Waals surface area contributed by atoms with Gasteiger partial charge in [-0.2, -0.15) is 0 Å². The third-order valence-electron chi connectivity index (χ3n) is 3.83. The van der Waals surface area contributed by atoms with Crippen molar-refractivity contribution < 1.29 is 68.0 Å². The average Bonchev–Trinajstić information content (AvgIpc) is 2.59. The fourth-order valence-electron chi connectivity index (χ4n) is 2.50. The van der Waals surface area contributed by atoms with Gasteiger partial charge in [0.15, 0.2) is 12.4 Å². The number of phosphoric acid groups is 1. The van der Waals surface area contributed by atoms with E-state index in [9.17, 15) is 34.4 Å². The van der Waals surface area contributed by atoms with E-state index >= 15 is 0 Å². The molecule has 0 bridgehead atoms. The van der Waals surface area contributed by atoms with Gasteiger partial charge in [0.1, 0.15) is 31.0 Å². The lowest BCUT2D eigenvalue weighted by molar-refractivity contribution is -0.873. The summed E-state index contributed by atoms with van der Waals surface area (Å²) in [6.45, 7) is 1.46. The highest BCUT2D eigenvalue weighted by Gasteiger charge is 2.45. The maximum absolute atomic E-state index is 11.1. The topological polar surface area (TPSA) is 223 Å². The maximum atomic E-state index is 11.1. The van der Waals surface area contributed by atoms with E-state index in [0.717, 1.165) is 0 Å². The number of carbonyl (C=O) groups excluding carboxylic acids is 1. The molecule has 0 saturated carbocycles. The summed E-state index contributed by atoms with van der Waals surface area (Å²) in [5, 5.41) is 45.2. The van der Waals surface area contributed by atoms with E-state index in [-0.39, 0.29) is 18.8 Å². The predicted octanol–water partition coefficient (Wildman–Crippen LogP) is -3.25. The summed E-state index contributed by atoms with van der Waals surface area (Å²) in [5.41, 5.74) is 0. The molecular formula is C16H32NO13P. The molecule has 0 aromatic carbocycles. The third-order valence-corrected chi connectivity index (χ3v) is 4.30. The number of nitrogens with zero attached hydrogens (tertiary/aromatic N) is 1. The zero-order chi connectivity index (χ0) is 24.6. The van der Waals surface area contributed by atoms with Gasteiger partial charge in [0, 0.05) is 6.42 Å². The predicted molar refractivity (Wildman–Crippen MR) is 100 cm³/mol. The number of esters is 1. The molecule has 1 aliphatic rings. The number of ether oxygens (including phenoxy) is 2. The lowest BCUT2D eigenvalue weighted by Crippen LogP contribution is -2.59. The Bertz CT molecular complexity index is 617. The molecule has 0 aromatic heterocycles. The number of quaternary nitrogens is 1. The molecule has 1 heterocycles. The number of hydrogen-bond donors (Lipinski definition) is 6. The van der Waals surface area contributed by atoms with Gasteiger partial charge in [-0.05, 0) is 0 Å². The highest BCUT2D eigenvalue weighted by molar-refractivity contribution is 7.44. The molecule has 184 valence electrons. The molecule has 1 aliphatic heterocycles. The van der Waals surface area contributed by atoms with E-state index < -0.39 is 57.2 Å². The molecule has 0 aromatic rings. The van der Waals surface area contributed by atoms with E-state index in [1.807, 2.05) is 21.1 Å². The van der Waals surface area contributed by atoms with Crippen LogP contribution in [0.4, 0.5) is 0 Å². The Morgan fingerprint density at radius 2 is 1.71 bits per heavy atom. The highest BCUT2D eigenvalue weighted by atomic mass is 31.2. The van der Waals surface area contributed by atoms with Crippen LogP contribution in [0.2, 0.25) is 0 Å². The average molecular weight is 477 g/mol. The van der Waals surface area contributed by atoms with E-state index in [0.29, 0.717) is 11.0 Å². The Labute approximate surface area is 179 Å². The maximum Gasteiger partial charge on any atom is 0.307 e. The second-order valence-corrected chi connectivity index (χ2v) is 8.96. The first-order valence-corrected chi connectivity index (χ1v) is 10.7. The van der Waals surface area contributed by atoms with Crippen LogP contribution in [0.3, 0.4) is 0 Å². The summed E-state index contributed by atoms with van der Waals surface area (Å²) >= 11 is 0. The van der Waals surface area contributed by atoms with Crippen LogP contribution in [-0.4, -0.2) is 118 Å². The molecule has 1 rings (SSSR count). The minimum Gasteiger partial charge on any atom is -0.756 e. The van der Waals surface area contributed by atoms with Gasteiger partial charge in [0.2, 0.25) is 0 Å².